The molecular formula is C15H22N2O5. The fourth-order valence-corrected chi connectivity index (χ4v) is 2.33. The Morgan fingerprint density at radius 2 is 2.14 bits per heavy atom. The van der Waals surface area contributed by atoms with Gasteiger partial charge in [-0.15, -0.1) is 0 Å². The molecule has 2 heterocycles. The molecule has 1 N–H and O–H groups in total. The molecule has 0 saturated carbocycles. The van der Waals surface area contributed by atoms with Crippen molar-refractivity contribution in [1.82, 2.24) is 10.2 Å². The molecule has 1 aliphatic rings. The number of likely N-dealkylation sites (tertiary alicyclic amines) is 1. The lowest BCUT2D eigenvalue weighted by molar-refractivity contribution is -0.137. The van der Waals surface area contributed by atoms with Gasteiger partial charge in [-0.25, -0.2) is 0 Å². The lowest BCUT2D eigenvalue weighted by Crippen LogP contribution is -2.47. The van der Waals surface area contributed by atoms with E-state index in [9.17, 15) is 9.59 Å². The van der Waals surface area contributed by atoms with Gasteiger partial charge in [0.15, 0.2) is 5.76 Å². The first-order valence-electron chi connectivity index (χ1n) is 7.39. The van der Waals surface area contributed by atoms with E-state index in [-0.39, 0.29) is 24.5 Å². The minimum absolute atomic E-state index is 0.0214. The molecule has 1 aromatic rings. The van der Waals surface area contributed by atoms with Gasteiger partial charge in [-0.1, -0.05) is 0 Å². The Morgan fingerprint density at radius 3 is 2.77 bits per heavy atom. The van der Waals surface area contributed by atoms with E-state index in [1.54, 1.807) is 24.1 Å². The van der Waals surface area contributed by atoms with Crippen molar-refractivity contribution in [3.8, 4) is 0 Å². The number of carbonyl (C=O) groups is 2. The predicted molar refractivity (Wildman–Crippen MR) is 78.5 cm³/mol. The van der Waals surface area contributed by atoms with Gasteiger partial charge in [-0.2, -0.15) is 0 Å². The summed E-state index contributed by atoms with van der Waals surface area (Å²) in [6, 6.07) is 3.38. The van der Waals surface area contributed by atoms with E-state index in [4.69, 9.17) is 13.9 Å². The zero-order chi connectivity index (χ0) is 15.8. The Bertz CT molecular complexity index is 466. The molecule has 0 aliphatic carbocycles. The normalized spacial score (nSPS) is 15.8. The molecule has 0 radical (unpaired) electrons. The number of amides is 2. The highest BCUT2D eigenvalue weighted by Gasteiger charge is 2.24. The zero-order valence-corrected chi connectivity index (χ0v) is 12.7. The summed E-state index contributed by atoms with van der Waals surface area (Å²) >= 11 is 0. The summed E-state index contributed by atoms with van der Waals surface area (Å²) in [5, 5.41) is 2.92. The van der Waals surface area contributed by atoms with Crippen LogP contribution in [0.15, 0.2) is 22.8 Å². The second-order valence-corrected chi connectivity index (χ2v) is 5.15. The quantitative estimate of drug-likeness (QED) is 0.748. The summed E-state index contributed by atoms with van der Waals surface area (Å²) in [7, 11) is 1.59. The molecule has 0 spiro atoms. The molecule has 7 heteroatoms. The Hall–Kier alpha value is -1.86. The van der Waals surface area contributed by atoms with Crippen molar-refractivity contribution in [2.24, 2.45) is 0 Å². The number of rotatable bonds is 7. The first-order chi connectivity index (χ1) is 10.7. The molecule has 7 nitrogen and oxygen atoms in total. The van der Waals surface area contributed by atoms with Crippen molar-refractivity contribution >= 4 is 11.8 Å². The number of ether oxygens (including phenoxy) is 2. The number of furan rings is 1. The van der Waals surface area contributed by atoms with Crippen molar-refractivity contribution in [2.75, 3.05) is 40.0 Å². The molecule has 0 unspecified atom stereocenters. The molecule has 2 amide bonds. The van der Waals surface area contributed by atoms with E-state index >= 15 is 0 Å². The van der Waals surface area contributed by atoms with Gasteiger partial charge in [0.1, 0.15) is 6.61 Å². The van der Waals surface area contributed by atoms with Crippen LogP contribution in [0.25, 0.3) is 0 Å². The molecule has 2 rings (SSSR count). The van der Waals surface area contributed by atoms with Crippen molar-refractivity contribution in [1.29, 1.82) is 0 Å². The molecule has 1 fully saturated rings. The number of nitrogens with zero attached hydrogens (tertiary/aromatic N) is 1. The summed E-state index contributed by atoms with van der Waals surface area (Å²) in [5.74, 6) is 0.0784. The van der Waals surface area contributed by atoms with E-state index in [0.717, 1.165) is 12.8 Å². The fraction of sp³-hybridized carbons (Fsp3) is 0.600. The molecule has 1 saturated heterocycles. The minimum atomic E-state index is -0.210. The Labute approximate surface area is 129 Å². The van der Waals surface area contributed by atoms with Crippen LogP contribution in [-0.4, -0.2) is 62.8 Å². The molecule has 122 valence electrons. The van der Waals surface area contributed by atoms with Crippen LogP contribution in [0.2, 0.25) is 0 Å². The van der Waals surface area contributed by atoms with Gasteiger partial charge >= 0.3 is 0 Å². The molecule has 0 bridgehead atoms. The third-order valence-corrected chi connectivity index (χ3v) is 3.59. The van der Waals surface area contributed by atoms with Gasteiger partial charge in [0.05, 0.1) is 19.5 Å². The monoisotopic (exact) mass is 310 g/mol. The van der Waals surface area contributed by atoms with Crippen LogP contribution in [0, 0.1) is 0 Å². The maximum absolute atomic E-state index is 11.9. The smallest absolute Gasteiger partial charge is 0.287 e. The van der Waals surface area contributed by atoms with Crippen LogP contribution in [0.3, 0.4) is 0 Å². The molecule has 0 atom stereocenters. The first kappa shape index (κ1) is 16.5. The molecule has 1 aromatic heterocycles. The van der Waals surface area contributed by atoms with Gasteiger partial charge in [0, 0.05) is 26.2 Å². The Kier molecular flexibility index (Phi) is 6.42. The van der Waals surface area contributed by atoms with Crippen LogP contribution in [-0.2, 0) is 14.3 Å². The third-order valence-electron chi connectivity index (χ3n) is 3.59. The van der Waals surface area contributed by atoms with Gasteiger partial charge < -0.3 is 24.1 Å². The van der Waals surface area contributed by atoms with Gasteiger partial charge in [0.25, 0.3) is 5.91 Å². The summed E-state index contributed by atoms with van der Waals surface area (Å²) in [6.45, 7) is 2.21. The average Bonchev–Trinajstić information content (AvgIpc) is 3.06. The van der Waals surface area contributed by atoms with Crippen LogP contribution in [0.4, 0.5) is 0 Å². The largest absolute Gasteiger partial charge is 0.459 e. The standard InChI is InChI=1S/C15H22N2O5/c1-20-9-10-21-11-14(18)17-6-4-12(5-7-17)16-15(19)13-3-2-8-22-13/h2-3,8,12H,4-7,9-11H2,1H3,(H,16,19). The van der Waals surface area contributed by atoms with Crippen molar-refractivity contribution in [3.63, 3.8) is 0 Å². The van der Waals surface area contributed by atoms with Crippen LogP contribution in [0.1, 0.15) is 23.4 Å². The number of nitrogens with one attached hydrogen (secondary N) is 1. The highest BCUT2D eigenvalue weighted by atomic mass is 16.5. The zero-order valence-electron chi connectivity index (χ0n) is 12.7. The van der Waals surface area contributed by atoms with E-state index in [1.165, 1.54) is 6.26 Å². The first-order valence-corrected chi connectivity index (χ1v) is 7.39. The lowest BCUT2D eigenvalue weighted by Gasteiger charge is -2.32. The predicted octanol–water partition coefficient (Wildman–Crippen LogP) is 0.663. The van der Waals surface area contributed by atoms with Crippen LogP contribution >= 0.6 is 0 Å². The highest BCUT2D eigenvalue weighted by molar-refractivity contribution is 5.91. The van der Waals surface area contributed by atoms with Crippen molar-refractivity contribution in [2.45, 2.75) is 18.9 Å². The van der Waals surface area contributed by atoms with Gasteiger partial charge in [-0.05, 0) is 25.0 Å². The van der Waals surface area contributed by atoms with Crippen LogP contribution in [0.5, 0.6) is 0 Å². The Morgan fingerprint density at radius 1 is 1.36 bits per heavy atom. The summed E-state index contributed by atoms with van der Waals surface area (Å²) < 4.78 is 15.1. The summed E-state index contributed by atoms with van der Waals surface area (Å²) in [5.41, 5.74) is 0. The van der Waals surface area contributed by atoms with Crippen molar-refractivity contribution in [3.05, 3.63) is 24.2 Å². The molecule has 0 aromatic carbocycles. The fourth-order valence-electron chi connectivity index (χ4n) is 2.33. The Balaban J connectivity index is 1.67. The van der Waals surface area contributed by atoms with Crippen LogP contribution < -0.4 is 5.32 Å². The molecule has 1 aliphatic heterocycles. The van der Waals surface area contributed by atoms with Crippen molar-refractivity contribution < 1.29 is 23.5 Å². The number of hydrogen-bond donors (Lipinski definition) is 1. The topological polar surface area (TPSA) is 81.0 Å². The number of carbonyl (C=O) groups excluding carboxylic acids is 2. The number of hydrogen-bond acceptors (Lipinski definition) is 5. The maximum Gasteiger partial charge on any atom is 0.287 e. The summed E-state index contributed by atoms with van der Waals surface area (Å²) in [6.07, 6.45) is 2.94. The van der Waals surface area contributed by atoms with E-state index in [1.807, 2.05) is 0 Å². The number of methoxy groups -OCH3 is 1. The van der Waals surface area contributed by atoms with Gasteiger partial charge in [-0.3, -0.25) is 9.59 Å². The highest BCUT2D eigenvalue weighted by Crippen LogP contribution is 2.12. The lowest BCUT2D eigenvalue weighted by atomic mass is 10.0. The second kappa shape index (κ2) is 8.55. The summed E-state index contributed by atoms with van der Waals surface area (Å²) in [4.78, 5) is 25.6. The van der Waals surface area contributed by atoms with E-state index in [0.29, 0.717) is 32.1 Å². The SMILES string of the molecule is COCCOCC(=O)N1CCC(NC(=O)c2ccco2)CC1. The molecule has 22 heavy (non-hydrogen) atoms. The average molecular weight is 310 g/mol. The van der Waals surface area contributed by atoms with E-state index < -0.39 is 0 Å². The minimum Gasteiger partial charge on any atom is -0.459 e. The van der Waals surface area contributed by atoms with E-state index in [2.05, 4.69) is 5.32 Å². The second-order valence-electron chi connectivity index (χ2n) is 5.15. The van der Waals surface area contributed by atoms with Gasteiger partial charge in [0.2, 0.25) is 5.91 Å². The molecular weight excluding hydrogens is 288 g/mol. The maximum atomic E-state index is 11.9. The third kappa shape index (κ3) is 4.85. The number of piperidine rings is 1.